The molecule has 18 N–H and O–H groups in total. The van der Waals surface area contributed by atoms with Gasteiger partial charge < -0.3 is 95.1 Å². The first-order chi connectivity index (χ1) is 43.3. The summed E-state index contributed by atoms with van der Waals surface area (Å²) < 4.78 is 0. The van der Waals surface area contributed by atoms with Crippen LogP contribution in [-0.2, 0) is 67.1 Å². The summed E-state index contributed by atoms with van der Waals surface area (Å²) in [6, 6.07) is -14.3. The molecular weight excluding hydrogens is 1200 g/mol. The monoisotopic (exact) mass is 1310 g/mol. The van der Waals surface area contributed by atoms with Crippen molar-refractivity contribution < 1.29 is 82.4 Å². The molecule has 0 aliphatic carbocycles. The molecule has 0 spiro atoms. The SMILES string of the molecule is CC[C@H](C)[C@H](NC(=O)[C@@H]1CCCN1C(=O)[C@H](CCCCN)NC(=O)CN)C(=O)N1CCC[C@H]1C(=O)N[C@@H](CC(N)=O)C(=O)N1CCC[C@H]1C(=O)N[C@@H](CC(C)C)C(=O)N[C@@H](CC(C)C)C(=O)NCC(=O)N[C@@H](CC(C)C)C(=O)N[C@@H](CO)C(=O)N[C@H](C(=O)O)[C@@H](C)O. The van der Waals surface area contributed by atoms with Crippen molar-refractivity contribution in [1.29, 1.82) is 0 Å². The van der Waals surface area contributed by atoms with E-state index in [1.807, 2.05) is 12.2 Å². The van der Waals surface area contributed by atoms with Gasteiger partial charge in [0.1, 0.15) is 60.4 Å². The van der Waals surface area contributed by atoms with Gasteiger partial charge in [0.2, 0.25) is 76.8 Å². The Bertz CT molecular complexity index is 2590. The fourth-order valence-electron chi connectivity index (χ4n) is 11.4. The van der Waals surface area contributed by atoms with Crippen LogP contribution in [0.3, 0.4) is 0 Å². The summed E-state index contributed by atoms with van der Waals surface area (Å²) in [6.45, 7) is 14.0. The van der Waals surface area contributed by atoms with E-state index in [1.54, 1.807) is 48.5 Å². The van der Waals surface area contributed by atoms with Crippen LogP contribution in [0.2, 0.25) is 0 Å². The molecule has 0 unspecified atom stereocenters. The second-order valence-corrected chi connectivity index (χ2v) is 25.4. The summed E-state index contributed by atoms with van der Waals surface area (Å²) in [7, 11) is 0. The highest BCUT2D eigenvalue weighted by Gasteiger charge is 2.45. The number of primary amides is 1. The average Bonchev–Trinajstić information content (AvgIpc) is 1.62. The summed E-state index contributed by atoms with van der Waals surface area (Å²) in [5, 5.41) is 51.8. The number of nitrogens with zero attached hydrogens (tertiary/aromatic N) is 3. The van der Waals surface area contributed by atoms with Crippen molar-refractivity contribution in [2.24, 2.45) is 40.9 Å². The summed E-state index contributed by atoms with van der Waals surface area (Å²) >= 11 is 0. The van der Waals surface area contributed by atoms with E-state index in [0.29, 0.717) is 45.1 Å². The van der Waals surface area contributed by atoms with E-state index in [0.717, 1.165) is 6.92 Å². The van der Waals surface area contributed by atoms with Crippen molar-refractivity contribution >= 4 is 82.8 Å². The smallest absolute Gasteiger partial charge is 0.328 e. The van der Waals surface area contributed by atoms with Crippen LogP contribution in [0.1, 0.15) is 152 Å². The molecule has 3 aliphatic heterocycles. The molecule has 3 heterocycles. The van der Waals surface area contributed by atoms with E-state index in [2.05, 4.69) is 42.5 Å². The van der Waals surface area contributed by atoms with E-state index >= 15 is 0 Å². The van der Waals surface area contributed by atoms with Crippen LogP contribution in [0, 0.1) is 23.7 Å². The quantitative estimate of drug-likeness (QED) is 0.0259. The Kier molecular flexibility index (Phi) is 32.9. The summed E-state index contributed by atoms with van der Waals surface area (Å²) in [5.74, 6) is -12.7. The molecule has 92 heavy (non-hydrogen) atoms. The summed E-state index contributed by atoms with van der Waals surface area (Å²) in [6.07, 6.45) is 1.41. The van der Waals surface area contributed by atoms with Gasteiger partial charge in [-0.05, 0) is 114 Å². The molecule has 0 saturated carbocycles. The van der Waals surface area contributed by atoms with Gasteiger partial charge in [-0.3, -0.25) is 62.3 Å². The number of rotatable bonds is 38. The number of hydrogen-bond acceptors (Lipinski definition) is 18. The zero-order valence-corrected chi connectivity index (χ0v) is 54.7. The van der Waals surface area contributed by atoms with Gasteiger partial charge in [-0.1, -0.05) is 61.8 Å². The molecule has 3 fully saturated rings. The lowest BCUT2D eigenvalue weighted by Crippen LogP contribution is -2.61. The van der Waals surface area contributed by atoms with Gasteiger partial charge in [-0.2, -0.15) is 0 Å². The number of nitrogens with two attached hydrogens (primary N) is 3. The first kappa shape index (κ1) is 78.7. The van der Waals surface area contributed by atoms with Crippen molar-refractivity contribution in [3.05, 3.63) is 0 Å². The molecule has 13 amide bonds. The van der Waals surface area contributed by atoms with Crippen LogP contribution in [0.4, 0.5) is 0 Å². The Hall–Kier alpha value is -7.58. The van der Waals surface area contributed by atoms with Crippen LogP contribution in [0.15, 0.2) is 0 Å². The van der Waals surface area contributed by atoms with E-state index in [-0.39, 0.29) is 88.9 Å². The third kappa shape index (κ3) is 24.1. The minimum Gasteiger partial charge on any atom is -0.480 e. The molecule has 0 radical (unpaired) electrons. The third-order valence-corrected chi connectivity index (χ3v) is 16.4. The van der Waals surface area contributed by atoms with Crippen molar-refractivity contribution in [2.45, 2.75) is 225 Å². The molecule has 0 aromatic carbocycles. The molecule has 3 aliphatic rings. The fourth-order valence-corrected chi connectivity index (χ4v) is 11.4. The van der Waals surface area contributed by atoms with E-state index in [1.165, 1.54) is 14.7 Å². The molecule has 520 valence electrons. The second kappa shape index (κ2) is 38.4. The minimum absolute atomic E-state index is 0.00193. The predicted molar refractivity (Wildman–Crippen MR) is 333 cm³/mol. The zero-order valence-electron chi connectivity index (χ0n) is 54.7. The Labute approximate surface area is 537 Å². The number of unbranched alkanes of at least 4 members (excludes halogenated alkanes) is 1. The van der Waals surface area contributed by atoms with Crippen LogP contribution < -0.4 is 65.1 Å². The number of carboxylic acids is 1. The number of amides is 13. The first-order valence-electron chi connectivity index (χ1n) is 32.1. The number of carboxylic acid groups (broad SMARTS) is 1. The minimum atomic E-state index is -1.76. The van der Waals surface area contributed by atoms with Gasteiger partial charge in [-0.25, -0.2) is 4.79 Å². The van der Waals surface area contributed by atoms with Crippen LogP contribution in [-0.4, -0.2) is 231 Å². The lowest BCUT2D eigenvalue weighted by atomic mass is 9.96. The second-order valence-electron chi connectivity index (χ2n) is 25.4. The lowest BCUT2D eigenvalue weighted by molar-refractivity contribution is -0.146. The van der Waals surface area contributed by atoms with Crippen molar-refractivity contribution in [1.82, 2.24) is 62.6 Å². The first-order valence-corrected chi connectivity index (χ1v) is 32.1. The van der Waals surface area contributed by atoms with E-state index in [4.69, 9.17) is 17.2 Å². The van der Waals surface area contributed by atoms with E-state index in [9.17, 15) is 82.4 Å². The van der Waals surface area contributed by atoms with Gasteiger partial charge in [0, 0.05) is 19.6 Å². The number of likely N-dealkylation sites (tertiary alicyclic amines) is 3. The molecule has 0 bridgehead atoms. The number of hydrogen-bond donors (Lipinski definition) is 15. The molecular formula is C60H103N15O17. The van der Waals surface area contributed by atoms with Gasteiger partial charge in [-0.15, -0.1) is 0 Å². The number of aliphatic hydroxyl groups excluding tert-OH is 2. The normalized spacial score (nSPS) is 19.7. The van der Waals surface area contributed by atoms with Crippen molar-refractivity contribution in [3.63, 3.8) is 0 Å². The highest BCUT2D eigenvalue weighted by molar-refractivity contribution is 6.00. The fraction of sp³-hybridized carbons (Fsp3) is 0.767. The number of nitrogens with one attached hydrogen (secondary N) is 9. The van der Waals surface area contributed by atoms with Gasteiger partial charge in [0.25, 0.3) is 0 Å². The number of aliphatic carboxylic acids is 1. The standard InChI is InChI=1S/C60H103N15O17/c1-10-34(8)48(71-56(87)44-19-14-21-73(44)57(88)36(16-11-12-20-61)65-46(79)28-62)59(90)75-23-15-18-43(75)55(86)69-40(27-45(63)78)58(89)74-22-13-17-42(74)54(85)68-39(26-33(6)7)52(83)67-37(24-31(2)3)50(81)64-29-47(80)66-38(25-32(4)5)51(82)70-41(30-76)53(84)72-49(35(9)77)60(91)92/h31-44,48-49,76-77H,10-30,61-62H2,1-9H3,(H2,63,78)(H,64,81)(H,65,79)(H,66,80)(H,67,83)(H,68,85)(H,69,86)(H,70,82)(H,71,87)(H,72,84)(H,91,92)/t34-,35+,36-,37-,38-,39-,40-,41-,42-,43-,44-,48-,49-/m0/s1. The van der Waals surface area contributed by atoms with Crippen LogP contribution in [0.5, 0.6) is 0 Å². The molecule has 0 aromatic heterocycles. The average molecular weight is 1310 g/mol. The van der Waals surface area contributed by atoms with Crippen LogP contribution >= 0.6 is 0 Å². The van der Waals surface area contributed by atoms with Crippen molar-refractivity contribution in [2.75, 3.05) is 45.9 Å². The Morgan fingerprint density at radius 3 is 1.36 bits per heavy atom. The topological polar surface area (TPSA) is 496 Å². The Morgan fingerprint density at radius 1 is 0.500 bits per heavy atom. The van der Waals surface area contributed by atoms with Crippen LogP contribution in [0.25, 0.3) is 0 Å². The third-order valence-electron chi connectivity index (χ3n) is 16.4. The number of carbonyl (C=O) groups excluding carboxylic acids is 13. The van der Waals surface area contributed by atoms with E-state index < -0.39 is 181 Å². The summed E-state index contributed by atoms with van der Waals surface area (Å²) in [4.78, 5) is 194. The zero-order chi connectivity index (χ0) is 69.3. The molecule has 32 nitrogen and oxygen atoms in total. The van der Waals surface area contributed by atoms with Gasteiger partial charge in [0.15, 0.2) is 6.04 Å². The maximum atomic E-state index is 14.6. The van der Waals surface area contributed by atoms with Gasteiger partial charge in [0.05, 0.1) is 32.2 Å². The van der Waals surface area contributed by atoms with Gasteiger partial charge >= 0.3 is 5.97 Å². The maximum absolute atomic E-state index is 14.6. The maximum Gasteiger partial charge on any atom is 0.328 e. The Morgan fingerprint density at radius 2 is 0.924 bits per heavy atom. The lowest BCUT2D eigenvalue weighted by Gasteiger charge is -2.34. The largest absolute Gasteiger partial charge is 0.480 e. The molecule has 3 rings (SSSR count). The highest BCUT2D eigenvalue weighted by atomic mass is 16.4. The molecule has 0 aromatic rings. The molecule has 13 atom stereocenters. The predicted octanol–water partition coefficient (Wildman–Crippen LogP) is -4.44. The number of aliphatic hydroxyl groups is 2. The number of carbonyl (C=O) groups is 14. The molecule has 32 heteroatoms. The van der Waals surface area contributed by atoms with Crippen molar-refractivity contribution in [3.8, 4) is 0 Å². The Balaban J connectivity index is 1.76. The summed E-state index contributed by atoms with van der Waals surface area (Å²) in [5.41, 5.74) is 16.8. The highest BCUT2D eigenvalue weighted by Crippen LogP contribution is 2.26. The molecule has 3 saturated heterocycles.